The third kappa shape index (κ3) is 2.79. The highest BCUT2D eigenvalue weighted by Crippen LogP contribution is 2.28. The minimum Gasteiger partial charge on any atom is -0.487 e. The van der Waals surface area contributed by atoms with Gasteiger partial charge in [-0.25, -0.2) is 0 Å². The van der Waals surface area contributed by atoms with Gasteiger partial charge >= 0.3 is 0 Å². The van der Waals surface area contributed by atoms with E-state index in [1.54, 1.807) is 0 Å². The van der Waals surface area contributed by atoms with Crippen LogP contribution in [0.2, 0.25) is 0 Å². The van der Waals surface area contributed by atoms with Gasteiger partial charge in [-0.3, -0.25) is 0 Å². The van der Waals surface area contributed by atoms with Gasteiger partial charge in [0, 0.05) is 11.5 Å². The number of anilines is 1. The Bertz CT molecular complexity index is 537. The summed E-state index contributed by atoms with van der Waals surface area (Å²) in [6, 6.07) is 6.25. The van der Waals surface area contributed by atoms with Crippen LogP contribution in [0.4, 0.5) is 5.00 Å². The second kappa shape index (κ2) is 5.35. The SMILES string of the molecule is Cc1ccc(C(C)C)c(OCc2nnsc2N)c1. The van der Waals surface area contributed by atoms with Crippen molar-refractivity contribution in [3.63, 3.8) is 0 Å². The minimum absolute atomic E-state index is 0.367. The fourth-order valence-electron chi connectivity index (χ4n) is 1.71. The molecule has 2 aromatic rings. The Labute approximate surface area is 111 Å². The van der Waals surface area contributed by atoms with Crippen LogP contribution in [0.15, 0.2) is 18.2 Å². The fourth-order valence-corrected chi connectivity index (χ4v) is 2.14. The Kier molecular flexibility index (Phi) is 3.81. The first-order valence-electron chi connectivity index (χ1n) is 5.88. The van der Waals surface area contributed by atoms with E-state index in [0.717, 1.165) is 5.75 Å². The van der Waals surface area contributed by atoms with E-state index in [0.29, 0.717) is 23.2 Å². The van der Waals surface area contributed by atoms with Gasteiger partial charge in [-0.15, -0.1) is 5.10 Å². The summed E-state index contributed by atoms with van der Waals surface area (Å²) in [5.74, 6) is 1.32. The topological polar surface area (TPSA) is 61.0 Å². The number of benzene rings is 1. The van der Waals surface area contributed by atoms with Gasteiger partial charge in [-0.1, -0.05) is 30.5 Å². The second-order valence-electron chi connectivity index (χ2n) is 4.57. The standard InChI is InChI=1S/C13H17N3OS/c1-8(2)10-5-4-9(3)6-12(10)17-7-11-13(14)18-16-15-11/h4-6,8H,7,14H2,1-3H3. The number of ether oxygens (including phenoxy) is 1. The number of aromatic nitrogens is 2. The first kappa shape index (κ1) is 12.8. The van der Waals surface area contributed by atoms with E-state index in [-0.39, 0.29) is 0 Å². The minimum atomic E-state index is 0.367. The first-order valence-corrected chi connectivity index (χ1v) is 6.65. The maximum atomic E-state index is 5.83. The van der Waals surface area contributed by atoms with Crippen molar-refractivity contribution in [1.29, 1.82) is 0 Å². The maximum Gasteiger partial charge on any atom is 0.136 e. The molecule has 0 saturated heterocycles. The lowest BCUT2D eigenvalue weighted by atomic mass is 10.0. The van der Waals surface area contributed by atoms with Gasteiger partial charge in [0.1, 0.15) is 23.1 Å². The van der Waals surface area contributed by atoms with Crippen LogP contribution in [0.1, 0.15) is 36.6 Å². The van der Waals surface area contributed by atoms with E-state index in [1.165, 1.54) is 22.7 Å². The number of hydrogen-bond donors (Lipinski definition) is 1. The van der Waals surface area contributed by atoms with Gasteiger partial charge in [0.2, 0.25) is 0 Å². The smallest absolute Gasteiger partial charge is 0.136 e. The monoisotopic (exact) mass is 263 g/mol. The van der Waals surface area contributed by atoms with Crippen molar-refractivity contribution in [2.24, 2.45) is 0 Å². The highest BCUT2D eigenvalue weighted by atomic mass is 32.1. The van der Waals surface area contributed by atoms with Crippen LogP contribution < -0.4 is 10.5 Å². The molecule has 1 aromatic carbocycles. The maximum absolute atomic E-state index is 5.83. The largest absolute Gasteiger partial charge is 0.487 e. The molecular formula is C13H17N3OS. The van der Waals surface area contributed by atoms with E-state index >= 15 is 0 Å². The summed E-state index contributed by atoms with van der Waals surface area (Å²) in [4.78, 5) is 0. The normalized spacial score (nSPS) is 10.9. The summed E-state index contributed by atoms with van der Waals surface area (Å²) in [7, 11) is 0. The van der Waals surface area contributed by atoms with Crippen LogP contribution >= 0.6 is 11.5 Å². The van der Waals surface area contributed by atoms with Crippen molar-refractivity contribution in [2.75, 3.05) is 5.73 Å². The van der Waals surface area contributed by atoms with Gasteiger partial charge in [-0.2, -0.15) is 0 Å². The third-order valence-corrected chi connectivity index (χ3v) is 3.34. The van der Waals surface area contributed by atoms with Gasteiger partial charge in [0.15, 0.2) is 0 Å². The number of rotatable bonds is 4. The molecule has 0 fully saturated rings. The lowest BCUT2D eigenvalue weighted by molar-refractivity contribution is 0.297. The third-order valence-electron chi connectivity index (χ3n) is 2.74. The van der Waals surface area contributed by atoms with Crippen LogP contribution in [-0.4, -0.2) is 9.59 Å². The predicted molar refractivity (Wildman–Crippen MR) is 73.9 cm³/mol. The van der Waals surface area contributed by atoms with Crippen molar-refractivity contribution in [2.45, 2.75) is 33.3 Å². The highest BCUT2D eigenvalue weighted by Gasteiger charge is 2.10. The van der Waals surface area contributed by atoms with Crippen molar-refractivity contribution in [1.82, 2.24) is 9.59 Å². The molecule has 0 aliphatic heterocycles. The van der Waals surface area contributed by atoms with Gasteiger partial charge in [0.25, 0.3) is 0 Å². The van der Waals surface area contributed by atoms with E-state index < -0.39 is 0 Å². The first-order chi connectivity index (χ1) is 8.58. The molecular weight excluding hydrogens is 246 g/mol. The van der Waals surface area contributed by atoms with Crippen LogP contribution in [0.3, 0.4) is 0 Å². The number of nitrogens with zero attached hydrogens (tertiary/aromatic N) is 2. The summed E-state index contributed by atoms with van der Waals surface area (Å²) in [5.41, 5.74) is 8.83. The van der Waals surface area contributed by atoms with Crippen molar-refractivity contribution >= 4 is 16.5 Å². The van der Waals surface area contributed by atoms with Gasteiger partial charge in [0.05, 0.1) is 0 Å². The molecule has 2 rings (SSSR count). The molecule has 0 amide bonds. The Morgan fingerprint density at radius 3 is 2.78 bits per heavy atom. The summed E-state index contributed by atoms with van der Waals surface area (Å²) in [6.07, 6.45) is 0. The molecule has 0 aliphatic carbocycles. The Hall–Kier alpha value is -1.62. The Morgan fingerprint density at radius 2 is 2.17 bits per heavy atom. The zero-order valence-corrected chi connectivity index (χ0v) is 11.6. The van der Waals surface area contributed by atoms with Gasteiger partial charge < -0.3 is 10.5 Å². The molecule has 0 aliphatic rings. The molecule has 18 heavy (non-hydrogen) atoms. The lowest BCUT2D eigenvalue weighted by Gasteiger charge is -2.14. The average Bonchev–Trinajstić information content (AvgIpc) is 2.72. The van der Waals surface area contributed by atoms with Gasteiger partial charge in [-0.05, 0) is 30.0 Å². The molecule has 0 bridgehead atoms. The van der Waals surface area contributed by atoms with E-state index in [4.69, 9.17) is 10.5 Å². The van der Waals surface area contributed by atoms with Crippen molar-refractivity contribution < 1.29 is 4.74 Å². The van der Waals surface area contributed by atoms with Crippen molar-refractivity contribution in [3.8, 4) is 5.75 Å². The number of nitrogens with two attached hydrogens (primary N) is 1. The Balaban J connectivity index is 2.18. The summed E-state index contributed by atoms with van der Waals surface area (Å²) < 4.78 is 9.62. The quantitative estimate of drug-likeness (QED) is 0.920. The van der Waals surface area contributed by atoms with E-state index in [9.17, 15) is 0 Å². The molecule has 96 valence electrons. The number of hydrogen-bond acceptors (Lipinski definition) is 5. The van der Waals surface area contributed by atoms with Crippen LogP contribution in [-0.2, 0) is 6.61 Å². The lowest BCUT2D eigenvalue weighted by Crippen LogP contribution is -2.02. The molecule has 0 spiro atoms. The molecule has 1 aromatic heterocycles. The number of nitrogen functional groups attached to an aromatic ring is 1. The molecule has 1 heterocycles. The summed E-state index contributed by atoms with van der Waals surface area (Å²) >= 11 is 1.19. The van der Waals surface area contributed by atoms with E-state index in [1.807, 2.05) is 6.07 Å². The molecule has 4 nitrogen and oxygen atoms in total. The van der Waals surface area contributed by atoms with Crippen LogP contribution in [0.25, 0.3) is 0 Å². The molecule has 0 unspecified atom stereocenters. The predicted octanol–water partition coefficient (Wildman–Crippen LogP) is 3.13. The molecule has 0 saturated carbocycles. The highest BCUT2D eigenvalue weighted by molar-refractivity contribution is 7.09. The fraction of sp³-hybridized carbons (Fsp3) is 0.385. The molecule has 5 heteroatoms. The molecule has 2 N–H and O–H groups in total. The van der Waals surface area contributed by atoms with E-state index in [2.05, 4.69) is 42.5 Å². The summed E-state index contributed by atoms with van der Waals surface area (Å²) in [6.45, 7) is 6.72. The van der Waals surface area contributed by atoms with Crippen LogP contribution in [0, 0.1) is 6.92 Å². The summed E-state index contributed by atoms with van der Waals surface area (Å²) in [5, 5.41) is 4.57. The van der Waals surface area contributed by atoms with Crippen LogP contribution in [0.5, 0.6) is 5.75 Å². The molecule has 0 radical (unpaired) electrons. The zero-order valence-electron chi connectivity index (χ0n) is 10.8. The Morgan fingerprint density at radius 1 is 1.39 bits per heavy atom. The van der Waals surface area contributed by atoms with Crippen molar-refractivity contribution in [3.05, 3.63) is 35.0 Å². The average molecular weight is 263 g/mol. The second-order valence-corrected chi connectivity index (χ2v) is 5.35. The molecule has 0 atom stereocenters. The number of aryl methyl sites for hydroxylation is 1. The zero-order chi connectivity index (χ0) is 13.1.